The number of hydrogen-bond donors (Lipinski definition) is 0. The molecule has 7 heteroatoms. The first kappa shape index (κ1) is 21.9. The van der Waals surface area contributed by atoms with Gasteiger partial charge in [0.05, 0.1) is 11.7 Å². The normalized spacial score (nSPS) is 19.8. The van der Waals surface area contributed by atoms with Crippen LogP contribution in [0, 0.1) is 0 Å². The summed E-state index contributed by atoms with van der Waals surface area (Å²) in [5.74, 6) is -0.559. The Balaban J connectivity index is 1.52. The summed E-state index contributed by atoms with van der Waals surface area (Å²) >= 11 is 0. The quantitative estimate of drug-likeness (QED) is 0.404. The van der Waals surface area contributed by atoms with Crippen molar-refractivity contribution in [2.24, 2.45) is 0 Å². The number of hydrogen-bond acceptors (Lipinski definition) is 4. The molecule has 2 aromatic rings. The number of ether oxygens (including phenoxy) is 2. The molecule has 1 fully saturated rings. The highest BCUT2D eigenvalue weighted by molar-refractivity contribution is 6.28. The molecule has 2 unspecified atom stereocenters. The van der Waals surface area contributed by atoms with Crippen LogP contribution in [-0.4, -0.2) is 58.7 Å². The van der Waals surface area contributed by atoms with Crippen molar-refractivity contribution in [2.45, 2.75) is 50.9 Å². The van der Waals surface area contributed by atoms with Crippen molar-refractivity contribution < 1.29 is 23.9 Å². The second-order valence-corrected chi connectivity index (χ2v) is 9.15. The molecule has 0 bridgehead atoms. The van der Waals surface area contributed by atoms with E-state index >= 15 is 0 Å². The number of ketones is 1. The smallest absolute Gasteiger partial charge is 0.410 e. The van der Waals surface area contributed by atoms with E-state index in [0.29, 0.717) is 13.0 Å². The van der Waals surface area contributed by atoms with Gasteiger partial charge in [0.1, 0.15) is 12.6 Å². The number of carbonyl (C=O) groups is 2. The first-order valence-electron chi connectivity index (χ1n) is 10.8. The molecule has 2 aromatic carbocycles. The Hall–Kier alpha value is -3.28. The van der Waals surface area contributed by atoms with E-state index in [1.54, 1.807) is 0 Å². The van der Waals surface area contributed by atoms with Crippen molar-refractivity contribution in [3.05, 3.63) is 65.2 Å². The second-order valence-electron chi connectivity index (χ2n) is 9.15. The van der Waals surface area contributed by atoms with Gasteiger partial charge in [-0.25, -0.2) is 4.79 Å². The molecule has 1 heterocycles. The van der Waals surface area contributed by atoms with E-state index in [1.165, 1.54) is 4.90 Å². The number of Topliss-reactive ketones (excluding diaryl/α,β-unsaturated/α-hetero) is 1. The van der Waals surface area contributed by atoms with Crippen LogP contribution in [0.15, 0.2) is 48.5 Å². The van der Waals surface area contributed by atoms with E-state index < -0.39 is 29.6 Å². The van der Waals surface area contributed by atoms with Crippen LogP contribution in [0.1, 0.15) is 44.2 Å². The van der Waals surface area contributed by atoms with Crippen LogP contribution < -0.4 is 0 Å². The van der Waals surface area contributed by atoms with E-state index in [2.05, 4.69) is 29.1 Å². The van der Waals surface area contributed by atoms with Gasteiger partial charge in [-0.1, -0.05) is 48.5 Å². The molecule has 1 aliphatic heterocycles. The molecular weight excluding hydrogens is 406 g/mol. The van der Waals surface area contributed by atoms with Crippen molar-refractivity contribution in [1.29, 1.82) is 0 Å². The summed E-state index contributed by atoms with van der Waals surface area (Å²) in [5, 5.41) is 0. The second kappa shape index (κ2) is 8.69. The molecule has 0 spiro atoms. The molecular formula is C25H27N3O4. The third kappa shape index (κ3) is 4.22. The standard InChI is InChI=1S/C25H27N3O4/c1-25(2,3)32-22-12-13-28(23(22)21(29)14-27-26)24(30)31-15-20-18-10-6-4-8-16(18)17-9-5-7-11-19(17)20/h4-11,14,20,22-23H,12-13,15H2,1-3H3. The minimum atomic E-state index is -0.888. The van der Waals surface area contributed by atoms with Crippen molar-refractivity contribution in [2.75, 3.05) is 13.2 Å². The molecule has 0 radical (unpaired) electrons. The maximum atomic E-state index is 13.0. The van der Waals surface area contributed by atoms with Gasteiger partial charge < -0.3 is 15.0 Å². The third-order valence-corrected chi connectivity index (χ3v) is 5.89. The fraction of sp³-hybridized carbons (Fsp3) is 0.400. The van der Waals surface area contributed by atoms with Crippen LogP contribution in [0.2, 0.25) is 0 Å². The summed E-state index contributed by atoms with van der Waals surface area (Å²) < 4.78 is 11.7. The summed E-state index contributed by atoms with van der Waals surface area (Å²) in [5.41, 5.74) is 12.9. The summed E-state index contributed by atoms with van der Waals surface area (Å²) in [6.07, 6.45) is 0.244. The van der Waals surface area contributed by atoms with E-state index in [0.717, 1.165) is 28.5 Å². The van der Waals surface area contributed by atoms with Gasteiger partial charge in [-0.05, 0) is 49.4 Å². The molecule has 2 atom stereocenters. The predicted octanol–water partition coefficient (Wildman–Crippen LogP) is 4.06. The predicted molar refractivity (Wildman–Crippen MR) is 119 cm³/mol. The monoisotopic (exact) mass is 433 g/mol. The molecule has 1 amide bonds. The van der Waals surface area contributed by atoms with Gasteiger partial charge >= 0.3 is 12.3 Å². The Morgan fingerprint density at radius 2 is 1.69 bits per heavy atom. The van der Waals surface area contributed by atoms with E-state index in [1.807, 2.05) is 45.0 Å². The Labute approximate surface area is 187 Å². The number of likely N-dealkylation sites (tertiary alicyclic amines) is 1. The molecule has 166 valence electrons. The van der Waals surface area contributed by atoms with Crippen LogP contribution in [0.5, 0.6) is 0 Å². The van der Waals surface area contributed by atoms with Crippen molar-refractivity contribution in [3.8, 4) is 11.1 Å². The average molecular weight is 434 g/mol. The molecule has 1 saturated heterocycles. The molecule has 32 heavy (non-hydrogen) atoms. The van der Waals surface area contributed by atoms with Crippen LogP contribution in [-0.2, 0) is 14.3 Å². The zero-order chi connectivity index (χ0) is 22.9. The molecule has 0 saturated carbocycles. The van der Waals surface area contributed by atoms with Crippen LogP contribution in [0.3, 0.4) is 0 Å². The lowest BCUT2D eigenvalue weighted by molar-refractivity contribution is -0.128. The molecule has 0 aromatic heterocycles. The SMILES string of the molecule is CC(C)(C)OC1CCN(C(=O)OCC2c3ccccc3-c3ccccc32)C1C(=O)C=[N+]=[N-]. The highest BCUT2D eigenvalue weighted by atomic mass is 16.6. The van der Waals surface area contributed by atoms with Gasteiger partial charge in [0, 0.05) is 12.5 Å². The van der Waals surface area contributed by atoms with Gasteiger partial charge in [0.25, 0.3) is 5.78 Å². The summed E-state index contributed by atoms with van der Waals surface area (Å²) in [7, 11) is 0. The Morgan fingerprint density at radius 1 is 1.09 bits per heavy atom. The summed E-state index contributed by atoms with van der Waals surface area (Å²) in [4.78, 5) is 29.9. The lowest BCUT2D eigenvalue weighted by Crippen LogP contribution is -2.48. The fourth-order valence-corrected chi connectivity index (χ4v) is 4.69. The number of nitrogens with zero attached hydrogens (tertiary/aromatic N) is 3. The average Bonchev–Trinajstić information content (AvgIpc) is 3.30. The molecule has 2 aliphatic rings. The van der Waals surface area contributed by atoms with E-state index in [-0.39, 0.29) is 12.5 Å². The van der Waals surface area contributed by atoms with Gasteiger partial charge in [-0.15, -0.1) is 0 Å². The molecule has 7 nitrogen and oxygen atoms in total. The van der Waals surface area contributed by atoms with Gasteiger partial charge in [-0.3, -0.25) is 9.69 Å². The molecule has 4 rings (SSSR count). The Bertz CT molecular complexity index is 1040. The Kier molecular flexibility index (Phi) is 5.96. The molecule has 1 aliphatic carbocycles. The zero-order valence-electron chi connectivity index (χ0n) is 18.5. The summed E-state index contributed by atoms with van der Waals surface area (Å²) in [6, 6.07) is 15.4. The van der Waals surface area contributed by atoms with Crippen molar-refractivity contribution in [3.63, 3.8) is 0 Å². The number of amides is 1. The maximum Gasteiger partial charge on any atom is 0.410 e. The third-order valence-electron chi connectivity index (χ3n) is 5.89. The van der Waals surface area contributed by atoms with Gasteiger partial charge in [-0.2, -0.15) is 4.79 Å². The van der Waals surface area contributed by atoms with Gasteiger partial charge in [0.15, 0.2) is 0 Å². The van der Waals surface area contributed by atoms with Crippen LogP contribution >= 0.6 is 0 Å². The number of carbonyl (C=O) groups excluding carboxylic acids is 2. The number of fused-ring (bicyclic) bond motifs is 3. The van der Waals surface area contributed by atoms with Crippen LogP contribution in [0.25, 0.3) is 16.7 Å². The maximum absolute atomic E-state index is 13.0. The zero-order valence-corrected chi connectivity index (χ0v) is 18.5. The topological polar surface area (TPSA) is 92.2 Å². The largest absolute Gasteiger partial charge is 0.448 e. The first-order valence-corrected chi connectivity index (χ1v) is 10.8. The fourth-order valence-electron chi connectivity index (χ4n) is 4.69. The van der Waals surface area contributed by atoms with E-state index in [9.17, 15) is 9.59 Å². The highest BCUT2D eigenvalue weighted by Crippen LogP contribution is 2.44. The first-order chi connectivity index (χ1) is 15.3. The van der Waals surface area contributed by atoms with Gasteiger partial charge in [0.2, 0.25) is 0 Å². The van der Waals surface area contributed by atoms with Crippen molar-refractivity contribution in [1.82, 2.24) is 4.90 Å². The number of benzene rings is 2. The van der Waals surface area contributed by atoms with E-state index in [4.69, 9.17) is 15.0 Å². The molecule has 0 N–H and O–H groups in total. The lowest BCUT2D eigenvalue weighted by Gasteiger charge is -2.29. The van der Waals surface area contributed by atoms with Crippen molar-refractivity contribution >= 4 is 18.1 Å². The van der Waals surface area contributed by atoms with Crippen LogP contribution in [0.4, 0.5) is 4.79 Å². The lowest BCUT2D eigenvalue weighted by atomic mass is 9.98. The summed E-state index contributed by atoms with van der Waals surface area (Å²) in [6.45, 7) is 6.18. The highest BCUT2D eigenvalue weighted by Gasteiger charge is 2.45. The minimum absolute atomic E-state index is 0.0660. The minimum Gasteiger partial charge on any atom is -0.448 e. The Morgan fingerprint density at radius 3 is 2.25 bits per heavy atom. The number of rotatable bonds is 5.